The summed E-state index contributed by atoms with van der Waals surface area (Å²) in [5.41, 5.74) is 1.52. The third-order valence-corrected chi connectivity index (χ3v) is 5.68. The maximum absolute atomic E-state index is 12.5. The maximum atomic E-state index is 12.5. The molecular weight excluding hydrogens is 472 g/mol. The van der Waals surface area contributed by atoms with Gasteiger partial charge in [0.05, 0.1) is 12.8 Å². The standard InChI is InChI=1S/C25H25ClN4O5/c26-18-4-1-6-20(14-18)29-9-11-30(12-10-29)24(32)16-27-23(31)17-35-21-7-2-5-19(15-21)28-25(33)22-8-3-13-34-22/h1-8,13-15H,9-12,16-17H2,(H,27,31)(H,28,33). The summed E-state index contributed by atoms with van der Waals surface area (Å²) in [5.74, 6) is -0.364. The van der Waals surface area contributed by atoms with E-state index in [4.69, 9.17) is 20.8 Å². The highest BCUT2D eigenvalue weighted by Gasteiger charge is 2.21. The summed E-state index contributed by atoms with van der Waals surface area (Å²) in [7, 11) is 0. The van der Waals surface area contributed by atoms with E-state index in [1.165, 1.54) is 6.26 Å². The first-order chi connectivity index (χ1) is 17.0. The molecule has 0 atom stereocenters. The molecule has 4 rings (SSSR count). The lowest BCUT2D eigenvalue weighted by molar-refractivity contribution is -0.133. The van der Waals surface area contributed by atoms with E-state index >= 15 is 0 Å². The van der Waals surface area contributed by atoms with E-state index in [0.29, 0.717) is 42.6 Å². The Morgan fingerprint density at radius 1 is 0.971 bits per heavy atom. The van der Waals surface area contributed by atoms with E-state index in [9.17, 15) is 14.4 Å². The molecule has 2 N–H and O–H groups in total. The minimum Gasteiger partial charge on any atom is -0.484 e. The number of carbonyl (C=O) groups is 3. The highest BCUT2D eigenvalue weighted by Crippen LogP contribution is 2.21. The normalized spacial score (nSPS) is 13.3. The quantitative estimate of drug-likeness (QED) is 0.497. The van der Waals surface area contributed by atoms with Gasteiger partial charge in [-0.15, -0.1) is 0 Å². The number of carbonyl (C=O) groups excluding carboxylic acids is 3. The molecule has 1 aliphatic rings. The van der Waals surface area contributed by atoms with E-state index < -0.39 is 11.8 Å². The van der Waals surface area contributed by atoms with Crippen molar-refractivity contribution in [3.05, 3.63) is 77.7 Å². The lowest BCUT2D eigenvalue weighted by Crippen LogP contribution is -2.51. The first kappa shape index (κ1) is 24.2. The average Bonchev–Trinajstić information content (AvgIpc) is 3.42. The first-order valence-electron chi connectivity index (χ1n) is 11.1. The van der Waals surface area contributed by atoms with Gasteiger partial charge in [0, 0.05) is 48.6 Å². The molecule has 1 saturated heterocycles. The number of nitrogens with one attached hydrogen (secondary N) is 2. The van der Waals surface area contributed by atoms with Gasteiger partial charge in [-0.3, -0.25) is 14.4 Å². The molecule has 0 spiro atoms. The van der Waals surface area contributed by atoms with Crippen molar-refractivity contribution in [3.63, 3.8) is 0 Å². The molecule has 1 fully saturated rings. The molecule has 2 aromatic carbocycles. The van der Waals surface area contributed by atoms with Gasteiger partial charge in [-0.25, -0.2) is 0 Å². The molecule has 35 heavy (non-hydrogen) atoms. The smallest absolute Gasteiger partial charge is 0.291 e. The van der Waals surface area contributed by atoms with Gasteiger partial charge in [-0.1, -0.05) is 23.7 Å². The fraction of sp³-hybridized carbons (Fsp3) is 0.240. The molecule has 2 heterocycles. The number of hydrogen-bond donors (Lipinski definition) is 2. The molecule has 10 heteroatoms. The predicted molar refractivity (Wildman–Crippen MR) is 132 cm³/mol. The van der Waals surface area contributed by atoms with Gasteiger partial charge in [0.15, 0.2) is 12.4 Å². The minimum absolute atomic E-state index is 0.0986. The average molecular weight is 497 g/mol. The van der Waals surface area contributed by atoms with Crippen molar-refractivity contribution in [2.24, 2.45) is 0 Å². The van der Waals surface area contributed by atoms with Crippen LogP contribution in [0.1, 0.15) is 10.6 Å². The lowest BCUT2D eigenvalue weighted by atomic mass is 10.2. The topological polar surface area (TPSA) is 104 Å². The number of hydrogen-bond acceptors (Lipinski definition) is 6. The molecule has 3 aromatic rings. The van der Waals surface area contributed by atoms with Crippen LogP contribution in [-0.4, -0.2) is 62.0 Å². The largest absolute Gasteiger partial charge is 0.484 e. The summed E-state index contributed by atoms with van der Waals surface area (Å²) in [6, 6.07) is 17.5. The molecular formula is C25H25ClN4O5. The van der Waals surface area contributed by atoms with E-state index in [1.54, 1.807) is 41.3 Å². The number of nitrogens with zero attached hydrogens (tertiary/aromatic N) is 2. The molecule has 182 valence electrons. The van der Waals surface area contributed by atoms with Gasteiger partial charge < -0.3 is 29.6 Å². The van der Waals surface area contributed by atoms with Gasteiger partial charge in [-0.05, 0) is 42.5 Å². The van der Waals surface area contributed by atoms with Gasteiger partial charge in [0.2, 0.25) is 5.91 Å². The lowest BCUT2D eigenvalue weighted by Gasteiger charge is -2.36. The number of amides is 3. The molecule has 3 amide bonds. The van der Waals surface area contributed by atoms with Crippen molar-refractivity contribution in [1.29, 1.82) is 0 Å². The molecule has 1 aromatic heterocycles. The number of furan rings is 1. The van der Waals surface area contributed by atoms with Gasteiger partial charge in [0.1, 0.15) is 5.75 Å². The van der Waals surface area contributed by atoms with Crippen LogP contribution in [0.4, 0.5) is 11.4 Å². The highest BCUT2D eigenvalue weighted by atomic mass is 35.5. The Labute approximate surface area is 207 Å². The number of rotatable bonds is 8. The fourth-order valence-corrected chi connectivity index (χ4v) is 3.82. The van der Waals surface area contributed by atoms with Gasteiger partial charge in [0.25, 0.3) is 11.8 Å². The predicted octanol–water partition coefficient (Wildman–Crippen LogP) is 3.03. The third kappa shape index (κ3) is 6.77. The Hall–Kier alpha value is -3.98. The van der Waals surface area contributed by atoms with Crippen LogP contribution in [0.15, 0.2) is 71.3 Å². The molecule has 0 bridgehead atoms. The van der Waals surface area contributed by atoms with Gasteiger partial charge in [-0.2, -0.15) is 0 Å². The number of ether oxygens (including phenoxy) is 1. The Bertz CT molecular complexity index is 1180. The maximum Gasteiger partial charge on any atom is 0.291 e. The SMILES string of the molecule is O=C(COc1cccc(NC(=O)c2ccco2)c1)NCC(=O)N1CCN(c2cccc(Cl)c2)CC1. The van der Waals surface area contributed by atoms with E-state index in [-0.39, 0.29) is 24.8 Å². The van der Waals surface area contributed by atoms with Crippen molar-refractivity contribution >= 4 is 40.7 Å². The van der Waals surface area contributed by atoms with E-state index in [2.05, 4.69) is 15.5 Å². The number of benzene rings is 2. The van der Waals surface area contributed by atoms with Gasteiger partial charge >= 0.3 is 0 Å². The zero-order valence-electron chi connectivity index (χ0n) is 18.9. The Morgan fingerprint density at radius 2 is 1.77 bits per heavy atom. The summed E-state index contributed by atoms with van der Waals surface area (Å²) >= 11 is 6.06. The van der Waals surface area contributed by atoms with Crippen molar-refractivity contribution in [3.8, 4) is 5.75 Å². The Kier molecular flexibility index (Phi) is 7.89. The van der Waals surface area contributed by atoms with Crippen LogP contribution >= 0.6 is 11.6 Å². The monoisotopic (exact) mass is 496 g/mol. The number of anilines is 2. The minimum atomic E-state index is -0.416. The second-order valence-corrected chi connectivity index (χ2v) is 8.31. The molecule has 1 aliphatic heterocycles. The molecule has 0 unspecified atom stereocenters. The summed E-state index contributed by atoms with van der Waals surface area (Å²) in [6.07, 6.45) is 1.42. The number of halogens is 1. The summed E-state index contributed by atoms with van der Waals surface area (Å²) in [4.78, 5) is 40.7. The second kappa shape index (κ2) is 11.4. The van der Waals surface area contributed by atoms with E-state index in [1.807, 2.05) is 24.3 Å². The summed E-state index contributed by atoms with van der Waals surface area (Å²) < 4.78 is 10.6. The second-order valence-electron chi connectivity index (χ2n) is 7.87. The summed E-state index contributed by atoms with van der Waals surface area (Å²) in [5, 5.41) is 5.97. The van der Waals surface area contributed by atoms with Crippen LogP contribution in [0.25, 0.3) is 0 Å². The van der Waals surface area contributed by atoms with E-state index in [0.717, 1.165) is 5.69 Å². The molecule has 0 saturated carbocycles. The molecule has 0 aliphatic carbocycles. The van der Waals surface area contributed by atoms with Crippen molar-refractivity contribution < 1.29 is 23.5 Å². The van der Waals surface area contributed by atoms with Crippen LogP contribution in [0.5, 0.6) is 5.75 Å². The van der Waals surface area contributed by atoms with Crippen LogP contribution in [-0.2, 0) is 9.59 Å². The fourth-order valence-electron chi connectivity index (χ4n) is 3.64. The number of piperazine rings is 1. The van der Waals surface area contributed by atoms with Crippen LogP contribution in [0.2, 0.25) is 5.02 Å². The van der Waals surface area contributed by atoms with Crippen LogP contribution < -0.4 is 20.3 Å². The zero-order chi connectivity index (χ0) is 24.6. The molecule has 0 radical (unpaired) electrons. The first-order valence-corrected chi connectivity index (χ1v) is 11.5. The Morgan fingerprint density at radius 3 is 2.51 bits per heavy atom. The Balaban J connectivity index is 1.18. The van der Waals surface area contributed by atoms with Crippen LogP contribution in [0, 0.1) is 0 Å². The van der Waals surface area contributed by atoms with Crippen molar-refractivity contribution in [1.82, 2.24) is 10.2 Å². The summed E-state index contributed by atoms with van der Waals surface area (Å²) in [6.45, 7) is 2.15. The highest BCUT2D eigenvalue weighted by molar-refractivity contribution is 6.30. The molecule has 9 nitrogen and oxygen atoms in total. The van der Waals surface area contributed by atoms with Crippen molar-refractivity contribution in [2.45, 2.75) is 0 Å². The van der Waals surface area contributed by atoms with Crippen LogP contribution in [0.3, 0.4) is 0 Å². The van der Waals surface area contributed by atoms with Crippen molar-refractivity contribution in [2.75, 3.05) is 49.5 Å². The third-order valence-electron chi connectivity index (χ3n) is 5.45. The zero-order valence-corrected chi connectivity index (χ0v) is 19.7.